The number of benzene rings is 1. The van der Waals surface area contributed by atoms with Crippen LogP contribution in [0.2, 0.25) is 10.0 Å². The van der Waals surface area contributed by atoms with E-state index in [-0.39, 0.29) is 0 Å². The summed E-state index contributed by atoms with van der Waals surface area (Å²) in [7, 11) is 0. The van der Waals surface area contributed by atoms with E-state index in [0.29, 0.717) is 11.1 Å². The molecule has 2 aliphatic heterocycles. The minimum atomic E-state index is 0.511. The molecular formula is C16H22Cl2N2O. The predicted octanol–water partition coefficient (Wildman–Crippen LogP) is 3.19. The summed E-state index contributed by atoms with van der Waals surface area (Å²) in [5, 5.41) is 4.90. The van der Waals surface area contributed by atoms with Crippen LogP contribution < -0.4 is 5.32 Å². The van der Waals surface area contributed by atoms with Gasteiger partial charge >= 0.3 is 0 Å². The standard InChI is InChI=1S/C16H22Cl2N2O/c17-14-2-1-13(16(18)7-14)10-20(15-4-6-21-11-15)9-12-3-5-19-8-12/h1-2,7,12,15,19H,3-6,8-11H2/t12-,15?/m1/s1. The van der Waals surface area contributed by atoms with Crippen molar-refractivity contribution in [3.63, 3.8) is 0 Å². The Morgan fingerprint density at radius 2 is 2.19 bits per heavy atom. The zero-order valence-electron chi connectivity index (χ0n) is 12.2. The van der Waals surface area contributed by atoms with E-state index < -0.39 is 0 Å². The van der Waals surface area contributed by atoms with Crippen LogP contribution in [0.3, 0.4) is 0 Å². The normalized spacial score (nSPS) is 25.9. The van der Waals surface area contributed by atoms with Crippen molar-refractivity contribution >= 4 is 23.2 Å². The minimum Gasteiger partial charge on any atom is -0.380 e. The van der Waals surface area contributed by atoms with Crippen molar-refractivity contribution in [2.75, 3.05) is 32.8 Å². The zero-order valence-corrected chi connectivity index (χ0v) is 13.7. The molecule has 1 N–H and O–H groups in total. The summed E-state index contributed by atoms with van der Waals surface area (Å²) >= 11 is 12.3. The number of ether oxygens (including phenoxy) is 1. The molecule has 0 aromatic heterocycles. The van der Waals surface area contributed by atoms with Crippen LogP contribution >= 0.6 is 23.2 Å². The van der Waals surface area contributed by atoms with Gasteiger partial charge in [0.2, 0.25) is 0 Å². The van der Waals surface area contributed by atoms with Crippen LogP contribution in [-0.4, -0.2) is 43.8 Å². The number of rotatable bonds is 5. The summed E-state index contributed by atoms with van der Waals surface area (Å²) in [6.45, 7) is 5.96. The van der Waals surface area contributed by atoms with Crippen LogP contribution in [0, 0.1) is 5.92 Å². The number of nitrogens with zero attached hydrogens (tertiary/aromatic N) is 1. The van der Waals surface area contributed by atoms with E-state index in [1.54, 1.807) is 0 Å². The Bertz CT molecular complexity index is 471. The van der Waals surface area contributed by atoms with Crippen molar-refractivity contribution in [2.24, 2.45) is 5.92 Å². The second-order valence-electron chi connectivity index (χ2n) is 6.04. The fraction of sp³-hybridized carbons (Fsp3) is 0.625. The third-order valence-corrected chi connectivity index (χ3v) is 5.05. The van der Waals surface area contributed by atoms with Crippen LogP contribution in [0.15, 0.2) is 18.2 Å². The van der Waals surface area contributed by atoms with Crippen LogP contribution in [0.1, 0.15) is 18.4 Å². The molecule has 0 saturated carbocycles. The van der Waals surface area contributed by atoms with Crippen LogP contribution in [0.25, 0.3) is 0 Å². The summed E-state index contributed by atoms with van der Waals surface area (Å²) in [5.74, 6) is 0.733. The van der Waals surface area contributed by atoms with E-state index in [2.05, 4.69) is 10.2 Å². The largest absolute Gasteiger partial charge is 0.380 e. The highest BCUT2D eigenvalue weighted by Crippen LogP contribution is 2.25. The lowest BCUT2D eigenvalue weighted by Gasteiger charge is -2.30. The van der Waals surface area contributed by atoms with E-state index in [4.69, 9.17) is 27.9 Å². The first-order valence-corrected chi connectivity index (χ1v) is 8.44. The summed E-state index contributed by atoms with van der Waals surface area (Å²) in [6, 6.07) is 6.31. The van der Waals surface area contributed by atoms with Crippen molar-refractivity contribution in [1.29, 1.82) is 0 Å². The lowest BCUT2D eigenvalue weighted by molar-refractivity contribution is 0.126. The van der Waals surface area contributed by atoms with E-state index in [0.717, 1.165) is 62.3 Å². The van der Waals surface area contributed by atoms with E-state index in [1.165, 1.54) is 6.42 Å². The molecule has 3 nitrogen and oxygen atoms in total. The van der Waals surface area contributed by atoms with Crippen LogP contribution in [0.5, 0.6) is 0 Å². The molecule has 0 aliphatic carbocycles. The van der Waals surface area contributed by atoms with Gasteiger partial charge < -0.3 is 10.1 Å². The molecule has 3 rings (SSSR count). The highest BCUT2D eigenvalue weighted by molar-refractivity contribution is 6.35. The first-order chi connectivity index (χ1) is 10.2. The molecule has 2 saturated heterocycles. The Kier molecular flexibility index (Phi) is 5.41. The van der Waals surface area contributed by atoms with Crippen molar-refractivity contribution in [3.05, 3.63) is 33.8 Å². The molecule has 1 unspecified atom stereocenters. The fourth-order valence-electron chi connectivity index (χ4n) is 3.22. The van der Waals surface area contributed by atoms with Crippen molar-refractivity contribution in [1.82, 2.24) is 10.2 Å². The van der Waals surface area contributed by atoms with Gasteiger partial charge in [-0.15, -0.1) is 0 Å². The number of halogens is 2. The zero-order chi connectivity index (χ0) is 14.7. The highest BCUT2D eigenvalue weighted by Gasteiger charge is 2.27. The van der Waals surface area contributed by atoms with Gasteiger partial charge in [-0.1, -0.05) is 29.3 Å². The summed E-state index contributed by atoms with van der Waals surface area (Å²) < 4.78 is 5.58. The Balaban J connectivity index is 1.70. The second kappa shape index (κ2) is 7.30. The Morgan fingerprint density at radius 1 is 1.29 bits per heavy atom. The average molecular weight is 329 g/mol. The minimum absolute atomic E-state index is 0.511. The van der Waals surface area contributed by atoms with E-state index >= 15 is 0 Å². The van der Waals surface area contributed by atoms with Gasteiger partial charge in [0.05, 0.1) is 6.61 Å². The van der Waals surface area contributed by atoms with Gasteiger partial charge in [0.1, 0.15) is 0 Å². The molecule has 0 spiro atoms. The molecule has 1 aromatic rings. The molecule has 5 heteroatoms. The molecule has 116 valence electrons. The molecular weight excluding hydrogens is 307 g/mol. The average Bonchev–Trinajstić information content (AvgIpc) is 3.13. The number of nitrogens with one attached hydrogen (secondary N) is 1. The molecule has 21 heavy (non-hydrogen) atoms. The summed E-state index contributed by atoms with van der Waals surface area (Å²) in [4.78, 5) is 2.54. The van der Waals surface area contributed by atoms with Gasteiger partial charge in [-0.05, 0) is 49.5 Å². The van der Waals surface area contributed by atoms with Gasteiger partial charge in [0, 0.05) is 35.8 Å². The number of hydrogen-bond acceptors (Lipinski definition) is 3. The van der Waals surface area contributed by atoms with E-state index in [9.17, 15) is 0 Å². The van der Waals surface area contributed by atoms with Crippen molar-refractivity contribution < 1.29 is 4.74 Å². The Labute approximate surface area is 136 Å². The second-order valence-corrected chi connectivity index (χ2v) is 6.89. The molecule has 2 fully saturated rings. The van der Waals surface area contributed by atoms with Crippen molar-refractivity contribution in [2.45, 2.75) is 25.4 Å². The molecule has 2 aliphatic rings. The Hall–Kier alpha value is -0.320. The van der Waals surface area contributed by atoms with Gasteiger partial charge in [0.15, 0.2) is 0 Å². The van der Waals surface area contributed by atoms with Gasteiger partial charge in [-0.3, -0.25) is 4.90 Å². The highest BCUT2D eigenvalue weighted by atomic mass is 35.5. The van der Waals surface area contributed by atoms with Crippen molar-refractivity contribution in [3.8, 4) is 0 Å². The van der Waals surface area contributed by atoms with E-state index in [1.807, 2.05) is 18.2 Å². The number of hydrogen-bond donors (Lipinski definition) is 1. The first-order valence-electron chi connectivity index (χ1n) is 7.69. The smallest absolute Gasteiger partial charge is 0.0622 e. The maximum absolute atomic E-state index is 6.34. The van der Waals surface area contributed by atoms with Crippen LogP contribution in [-0.2, 0) is 11.3 Å². The molecule has 2 heterocycles. The predicted molar refractivity (Wildman–Crippen MR) is 87.1 cm³/mol. The summed E-state index contributed by atoms with van der Waals surface area (Å²) in [5.41, 5.74) is 1.15. The molecule has 1 aromatic carbocycles. The maximum atomic E-state index is 6.34. The lowest BCUT2D eigenvalue weighted by Crippen LogP contribution is -2.39. The monoisotopic (exact) mass is 328 g/mol. The Morgan fingerprint density at radius 3 is 2.86 bits per heavy atom. The molecule has 2 atom stereocenters. The third kappa shape index (κ3) is 4.11. The van der Waals surface area contributed by atoms with Gasteiger partial charge in [-0.25, -0.2) is 0 Å². The first kappa shape index (κ1) is 15.6. The quantitative estimate of drug-likeness (QED) is 0.898. The van der Waals surface area contributed by atoms with Crippen LogP contribution in [0.4, 0.5) is 0 Å². The van der Waals surface area contributed by atoms with Gasteiger partial charge in [0.25, 0.3) is 0 Å². The third-order valence-electron chi connectivity index (χ3n) is 4.47. The molecule has 0 amide bonds. The maximum Gasteiger partial charge on any atom is 0.0622 e. The topological polar surface area (TPSA) is 24.5 Å². The lowest BCUT2D eigenvalue weighted by atomic mass is 10.1. The van der Waals surface area contributed by atoms with Gasteiger partial charge in [-0.2, -0.15) is 0 Å². The summed E-state index contributed by atoms with van der Waals surface area (Å²) in [6.07, 6.45) is 2.38. The molecule has 0 bridgehead atoms. The molecule has 0 radical (unpaired) electrons. The fourth-order valence-corrected chi connectivity index (χ4v) is 3.69. The SMILES string of the molecule is Clc1ccc(CN(C[C@@H]2CCNC2)C2CCOC2)c(Cl)c1.